The van der Waals surface area contributed by atoms with Crippen LogP contribution in [0.15, 0.2) is 0 Å². The number of nitrogens with zero attached hydrogens (tertiary/aromatic N) is 1. The van der Waals surface area contributed by atoms with Crippen molar-refractivity contribution in [1.29, 1.82) is 0 Å². The molecule has 0 heterocycles. The topological polar surface area (TPSA) is 46.3 Å². The zero-order chi connectivity index (χ0) is 12.0. The van der Waals surface area contributed by atoms with Gasteiger partial charge in [0.1, 0.15) is 0 Å². The average Bonchev–Trinajstić information content (AvgIpc) is 2.53. The molecule has 3 nitrogen and oxygen atoms in total. The second kappa shape index (κ2) is 6.89. The normalized spacial score (nSPS) is 20.2. The summed E-state index contributed by atoms with van der Waals surface area (Å²) in [6, 6.07) is 0.185. The van der Waals surface area contributed by atoms with Crippen LogP contribution in [0.3, 0.4) is 0 Å². The summed E-state index contributed by atoms with van der Waals surface area (Å²) in [6.07, 6.45) is 8.10. The van der Waals surface area contributed by atoms with E-state index in [-0.39, 0.29) is 12.0 Å². The molecule has 1 rings (SSSR count). The van der Waals surface area contributed by atoms with E-state index >= 15 is 0 Å². The third-order valence-corrected chi connectivity index (χ3v) is 3.50. The Morgan fingerprint density at radius 3 is 2.38 bits per heavy atom. The SMILES string of the molecule is CC(N)CCN(C)C(=O)C1CCCCCC1. The highest BCUT2D eigenvalue weighted by atomic mass is 16.2. The second-order valence-electron chi connectivity index (χ2n) is 5.21. The number of hydrogen-bond donors (Lipinski definition) is 1. The van der Waals surface area contributed by atoms with Crippen LogP contribution in [0.5, 0.6) is 0 Å². The number of carbonyl (C=O) groups is 1. The van der Waals surface area contributed by atoms with E-state index in [2.05, 4.69) is 0 Å². The molecule has 0 aromatic rings. The summed E-state index contributed by atoms with van der Waals surface area (Å²) in [5, 5.41) is 0. The Balaban J connectivity index is 2.35. The van der Waals surface area contributed by atoms with E-state index in [0.717, 1.165) is 25.8 Å². The second-order valence-corrected chi connectivity index (χ2v) is 5.21. The molecule has 0 bridgehead atoms. The predicted molar refractivity (Wildman–Crippen MR) is 67.1 cm³/mol. The first kappa shape index (κ1) is 13.5. The van der Waals surface area contributed by atoms with Gasteiger partial charge in [0, 0.05) is 25.6 Å². The lowest BCUT2D eigenvalue weighted by Gasteiger charge is -2.23. The lowest BCUT2D eigenvalue weighted by Crippen LogP contribution is -2.35. The highest BCUT2D eigenvalue weighted by Gasteiger charge is 2.22. The van der Waals surface area contributed by atoms with E-state index in [1.165, 1.54) is 25.7 Å². The first-order valence-corrected chi connectivity index (χ1v) is 6.62. The van der Waals surface area contributed by atoms with E-state index in [1.807, 2.05) is 18.9 Å². The number of rotatable bonds is 4. The summed E-state index contributed by atoms with van der Waals surface area (Å²) in [6.45, 7) is 2.79. The molecule has 1 fully saturated rings. The van der Waals surface area contributed by atoms with Crippen LogP contribution >= 0.6 is 0 Å². The molecule has 0 spiro atoms. The summed E-state index contributed by atoms with van der Waals surface area (Å²) in [5.41, 5.74) is 5.71. The smallest absolute Gasteiger partial charge is 0.225 e. The maximum Gasteiger partial charge on any atom is 0.225 e. The molecule has 1 atom stereocenters. The minimum Gasteiger partial charge on any atom is -0.345 e. The van der Waals surface area contributed by atoms with Crippen molar-refractivity contribution >= 4 is 5.91 Å². The Morgan fingerprint density at radius 2 is 1.88 bits per heavy atom. The monoisotopic (exact) mass is 226 g/mol. The molecule has 94 valence electrons. The predicted octanol–water partition coefficient (Wildman–Crippen LogP) is 2.15. The molecule has 1 aliphatic carbocycles. The lowest BCUT2D eigenvalue weighted by molar-refractivity contribution is -0.134. The maximum absolute atomic E-state index is 12.1. The van der Waals surface area contributed by atoms with Crippen LogP contribution in [0, 0.1) is 5.92 Å². The molecule has 1 saturated carbocycles. The molecule has 0 aromatic carbocycles. The molecule has 0 saturated heterocycles. The standard InChI is InChI=1S/C13H26N2O/c1-11(14)9-10-15(2)13(16)12-7-5-3-4-6-8-12/h11-12H,3-10,14H2,1-2H3. The van der Waals surface area contributed by atoms with Gasteiger partial charge in [0.15, 0.2) is 0 Å². The van der Waals surface area contributed by atoms with Gasteiger partial charge in [-0.25, -0.2) is 0 Å². The van der Waals surface area contributed by atoms with Gasteiger partial charge in [-0.2, -0.15) is 0 Å². The van der Waals surface area contributed by atoms with Crippen LogP contribution in [-0.4, -0.2) is 30.4 Å². The van der Waals surface area contributed by atoms with Crippen molar-refractivity contribution in [3.05, 3.63) is 0 Å². The number of nitrogens with two attached hydrogens (primary N) is 1. The molecule has 3 heteroatoms. The molecule has 0 radical (unpaired) electrons. The number of carbonyl (C=O) groups excluding carboxylic acids is 1. The van der Waals surface area contributed by atoms with Gasteiger partial charge in [-0.15, -0.1) is 0 Å². The summed E-state index contributed by atoms with van der Waals surface area (Å²) in [7, 11) is 1.91. The van der Waals surface area contributed by atoms with Gasteiger partial charge in [0.2, 0.25) is 5.91 Å². The molecule has 0 aromatic heterocycles. The van der Waals surface area contributed by atoms with Gasteiger partial charge in [-0.3, -0.25) is 4.79 Å². The molecule has 0 aliphatic heterocycles. The Kier molecular flexibility index (Phi) is 5.81. The van der Waals surface area contributed by atoms with E-state index in [9.17, 15) is 4.79 Å². The third kappa shape index (κ3) is 4.52. The number of amides is 1. The first-order chi connectivity index (χ1) is 7.61. The molecular formula is C13H26N2O. The highest BCUT2D eigenvalue weighted by molar-refractivity contribution is 5.78. The van der Waals surface area contributed by atoms with E-state index in [0.29, 0.717) is 5.91 Å². The Hall–Kier alpha value is -0.570. The molecule has 2 N–H and O–H groups in total. The molecule has 1 aliphatic rings. The fraction of sp³-hybridized carbons (Fsp3) is 0.923. The Bertz CT molecular complexity index is 208. The molecule has 1 amide bonds. The molecule has 1 unspecified atom stereocenters. The zero-order valence-corrected chi connectivity index (χ0v) is 10.7. The van der Waals surface area contributed by atoms with Crippen molar-refractivity contribution in [2.45, 2.75) is 57.9 Å². The largest absolute Gasteiger partial charge is 0.345 e. The quantitative estimate of drug-likeness (QED) is 0.747. The summed E-state index contributed by atoms with van der Waals surface area (Å²) < 4.78 is 0. The van der Waals surface area contributed by atoms with Crippen LogP contribution in [0.4, 0.5) is 0 Å². The van der Waals surface area contributed by atoms with E-state index in [1.54, 1.807) is 0 Å². The van der Waals surface area contributed by atoms with Gasteiger partial charge in [-0.05, 0) is 26.2 Å². The molecular weight excluding hydrogens is 200 g/mol. The van der Waals surface area contributed by atoms with E-state index < -0.39 is 0 Å². The van der Waals surface area contributed by atoms with Crippen molar-refractivity contribution in [2.24, 2.45) is 11.7 Å². The third-order valence-electron chi connectivity index (χ3n) is 3.50. The van der Waals surface area contributed by atoms with Crippen LogP contribution in [0.2, 0.25) is 0 Å². The van der Waals surface area contributed by atoms with Gasteiger partial charge < -0.3 is 10.6 Å². The maximum atomic E-state index is 12.1. The fourth-order valence-electron chi connectivity index (χ4n) is 2.35. The van der Waals surface area contributed by atoms with Crippen molar-refractivity contribution in [3.8, 4) is 0 Å². The van der Waals surface area contributed by atoms with Crippen molar-refractivity contribution in [1.82, 2.24) is 4.90 Å². The first-order valence-electron chi connectivity index (χ1n) is 6.62. The van der Waals surface area contributed by atoms with Crippen molar-refractivity contribution in [3.63, 3.8) is 0 Å². The van der Waals surface area contributed by atoms with E-state index in [4.69, 9.17) is 5.73 Å². The van der Waals surface area contributed by atoms with Gasteiger partial charge in [-0.1, -0.05) is 25.7 Å². The molecule has 16 heavy (non-hydrogen) atoms. The number of hydrogen-bond acceptors (Lipinski definition) is 2. The van der Waals surface area contributed by atoms with Crippen LogP contribution < -0.4 is 5.73 Å². The zero-order valence-electron chi connectivity index (χ0n) is 10.7. The van der Waals surface area contributed by atoms with Crippen LogP contribution in [0.25, 0.3) is 0 Å². The average molecular weight is 226 g/mol. The fourth-order valence-corrected chi connectivity index (χ4v) is 2.35. The van der Waals surface area contributed by atoms with Gasteiger partial charge >= 0.3 is 0 Å². The lowest BCUT2D eigenvalue weighted by atomic mass is 9.99. The van der Waals surface area contributed by atoms with Crippen LogP contribution in [0.1, 0.15) is 51.9 Å². The van der Waals surface area contributed by atoms with Gasteiger partial charge in [0.05, 0.1) is 0 Å². The Morgan fingerprint density at radius 1 is 1.31 bits per heavy atom. The summed E-state index contributed by atoms with van der Waals surface area (Å²) >= 11 is 0. The minimum absolute atomic E-state index is 0.185. The summed E-state index contributed by atoms with van der Waals surface area (Å²) in [4.78, 5) is 14.0. The van der Waals surface area contributed by atoms with Gasteiger partial charge in [0.25, 0.3) is 0 Å². The summed E-state index contributed by atoms with van der Waals surface area (Å²) in [5.74, 6) is 0.614. The highest BCUT2D eigenvalue weighted by Crippen LogP contribution is 2.24. The van der Waals surface area contributed by atoms with Crippen molar-refractivity contribution in [2.75, 3.05) is 13.6 Å². The minimum atomic E-state index is 0.185. The van der Waals surface area contributed by atoms with Crippen molar-refractivity contribution < 1.29 is 4.79 Å². The Labute approximate surface area is 99.4 Å². The van der Waals surface area contributed by atoms with Crippen LogP contribution in [-0.2, 0) is 4.79 Å².